The highest BCUT2D eigenvalue weighted by molar-refractivity contribution is 5.60. The van der Waals surface area contributed by atoms with E-state index < -0.39 is 11.7 Å². The van der Waals surface area contributed by atoms with Crippen LogP contribution in [0.25, 0.3) is 0 Å². The standard InChI is InChI=1S/C13H16F3NO/c1-18-12-9-10(13(14,15)16)5-6-11(12)17-7-3-2-4-8-17/h5-6,9H,2-4,7-8H2,1H3. The highest BCUT2D eigenvalue weighted by Gasteiger charge is 2.31. The van der Waals surface area contributed by atoms with Gasteiger partial charge in [0.05, 0.1) is 18.4 Å². The van der Waals surface area contributed by atoms with Crippen LogP contribution < -0.4 is 9.64 Å². The Morgan fingerprint density at radius 1 is 1.11 bits per heavy atom. The maximum atomic E-state index is 12.6. The van der Waals surface area contributed by atoms with Crippen LogP contribution >= 0.6 is 0 Å². The van der Waals surface area contributed by atoms with Gasteiger partial charge in [-0.3, -0.25) is 0 Å². The molecular weight excluding hydrogens is 243 g/mol. The van der Waals surface area contributed by atoms with E-state index in [0.717, 1.165) is 43.8 Å². The molecule has 100 valence electrons. The van der Waals surface area contributed by atoms with Crippen LogP contribution in [0.15, 0.2) is 18.2 Å². The van der Waals surface area contributed by atoms with Gasteiger partial charge in [-0.25, -0.2) is 0 Å². The van der Waals surface area contributed by atoms with Gasteiger partial charge < -0.3 is 9.64 Å². The molecule has 0 radical (unpaired) electrons. The number of benzene rings is 1. The normalized spacial score (nSPS) is 16.8. The smallest absolute Gasteiger partial charge is 0.416 e. The van der Waals surface area contributed by atoms with Gasteiger partial charge in [-0.1, -0.05) is 0 Å². The van der Waals surface area contributed by atoms with Gasteiger partial charge in [0, 0.05) is 13.1 Å². The summed E-state index contributed by atoms with van der Waals surface area (Å²) in [6.45, 7) is 1.75. The molecule has 1 heterocycles. The first-order valence-corrected chi connectivity index (χ1v) is 6.02. The van der Waals surface area contributed by atoms with Gasteiger partial charge in [-0.2, -0.15) is 13.2 Å². The van der Waals surface area contributed by atoms with Crippen molar-refractivity contribution in [2.45, 2.75) is 25.4 Å². The molecule has 0 N–H and O–H groups in total. The number of alkyl halides is 3. The number of halogens is 3. The third-order valence-electron chi connectivity index (χ3n) is 3.20. The first kappa shape index (κ1) is 13.1. The molecule has 1 fully saturated rings. The third kappa shape index (κ3) is 2.71. The summed E-state index contributed by atoms with van der Waals surface area (Å²) in [5.74, 6) is 0.298. The predicted octanol–water partition coefficient (Wildman–Crippen LogP) is 3.70. The molecule has 1 aromatic carbocycles. The summed E-state index contributed by atoms with van der Waals surface area (Å²) in [5.41, 5.74) is 0.0882. The fourth-order valence-corrected chi connectivity index (χ4v) is 2.25. The van der Waals surface area contributed by atoms with Gasteiger partial charge in [-0.15, -0.1) is 0 Å². The second kappa shape index (κ2) is 5.08. The lowest BCUT2D eigenvalue weighted by atomic mass is 10.1. The van der Waals surface area contributed by atoms with E-state index in [0.29, 0.717) is 5.75 Å². The van der Waals surface area contributed by atoms with Gasteiger partial charge >= 0.3 is 6.18 Å². The SMILES string of the molecule is COc1cc(C(F)(F)F)ccc1N1CCCCC1. The summed E-state index contributed by atoms with van der Waals surface area (Å²) < 4.78 is 42.9. The molecule has 0 saturated carbocycles. The van der Waals surface area contributed by atoms with Crippen LogP contribution in [-0.2, 0) is 6.18 Å². The third-order valence-corrected chi connectivity index (χ3v) is 3.20. The Labute approximate surface area is 104 Å². The van der Waals surface area contributed by atoms with Crippen molar-refractivity contribution >= 4 is 5.69 Å². The van der Waals surface area contributed by atoms with E-state index >= 15 is 0 Å². The van der Waals surface area contributed by atoms with E-state index in [1.54, 1.807) is 0 Å². The monoisotopic (exact) mass is 259 g/mol. The van der Waals surface area contributed by atoms with E-state index in [4.69, 9.17) is 4.74 Å². The Bertz CT molecular complexity index is 411. The van der Waals surface area contributed by atoms with Crippen LogP contribution in [0.1, 0.15) is 24.8 Å². The number of rotatable bonds is 2. The number of piperidine rings is 1. The topological polar surface area (TPSA) is 12.5 Å². The number of methoxy groups -OCH3 is 1. The van der Waals surface area contributed by atoms with Gasteiger partial charge in [0.2, 0.25) is 0 Å². The van der Waals surface area contributed by atoms with Crippen molar-refractivity contribution in [2.75, 3.05) is 25.1 Å². The van der Waals surface area contributed by atoms with Crippen molar-refractivity contribution in [1.29, 1.82) is 0 Å². The van der Waals surface area contributed by atoms with Crippen molar-refractivity contribution in [2.24, 2.45) is 0 Å². The van der Waals surface area contributed by atoms with Crippen LogP contribution in [0.4, 0.5) is 18.9 Å². The summed E-state index contributed by atoms with van der Waals surface area (Å²) >= 11 is 0. The molecule has 0 unspecified atom stereocenters. The zero-order valence-corrected chi connectivity index (χ0v) is 10.3. The van der Waals surface area contributed by atoms with Crippen molar-refractivity contribution in [3.63, 3.8) is 0 Å². The van der Waals surface area contributed by atoms with Gasteiger partial charge in [0.1, 0.15) is 5.75 Å². The van der Waals surface area contributed by atoms with Crippen LogP contribution in [0.2, 0.25) is 0 Å². The second-order valence-electron chi connectivity index (χ2n) is 4.43. The molecule has 5 heteroatoms. The van der Waals surface area contributed by atoms with E-state index in [1.807, 2.05) is 0 Å². The van der Waals surface area contributed by atoms with Crippen molar-refractivity contribution in [3.05, 3.63) is 23.8 Å². The Kier molecular flexibility index (Phi) is 3.68. The lowest BCUT2D eigenvalue weighted by Crippen LogP contribution is -2.29. The Morgan fingerprint density at radius 2 is 1.78 bits per heavy atom. The lowest BCUT2D eigenvalue weighted by molar-refractivity contribution is -0.137. The quantitative estimate of drug-likeness (QED) is 0.803. The highest BCUT2D eigenvalue weighted by atomic mass is 19.4. The van der Waals surface area contributed by atoms with E-state index in [1.165, 1.54) is 19.6 Å². The molecule has 0 spiro atoms. The summed E-state index contributed by atoms with van der Waals surface area (Å²) in [4.78, 5) is 2.09. The molecule has 2 nitrogen and oxygen atoms in total. The minimum Gasteiger partial charge on any atom is -0.495 e. The van der Waals surface area contributed by atoms with Crippen molar-refractivity contribution in [1.82, 2.24) is 0 Å². The van der Waals surface area contributed by atoms with E-state index in [-0.39, 0.29) is 0 Å². The fraction of sp³-hybridized carbons (Fsp3) is 0.538. The number of hydrogen-bond acceptors (Lipinski definition) is 2. The highest BCUT2D eigenvalue weighted by Crippen LogP contribution is 2.37. The van der Waals surface area contributed by atoms with Crippen LogP contribution in [-0.4, -0.2) is 20.2 Å². The summed E-state index contributed by atoms with van der Waals surface area (Å²) in [7, 11) is 1.41. The molecule has 2 rings (SSSR count). The number of anilines is 1. The molecule has 0 aromatic heterocycles. The van der Waals surface area contributed by atoms with Crippen LogP contribution in [0.3, 0.4) is 0 Å². The zero-order valence-electron chi connectivity index (χ0n) is 10.3. The molecule has 1 saturated heterocycles. The molecule has 0 bridgehead atoms. The van der Waals surface area contributed by atoms with Crippen molar-refractivity contribution < 1.29 is 17.9 Å². The molecule has 18 heavy (non-hydrogen) atoms. The minimum absolute atomic E-state index is 0.298. The number of ether oxygens (including phenoxy) is 1. The molecule has 0 aliphatic carbocycles. The average Bonchev–Trinajstić information content (AvgIpc) is 2.38. The summed E-state index contributed by atoms with van der Waals surface area (Å²) in [6, 6.07) is 3.70. The maximum Gasteiger partial charge on any atom is 0.416 e. The minimum atomic E-state index is -4.33. The van der Waals surface area contributed by atoms with Gasteiger partial charge in [0.15, 0.2) is 0 Å². The predicted molar refractivity (Wildman–Crippen MR) is 64.1 cm³/mol. The van der Waals surface area contributed by atoms with E-state index in [2.05, 4.69) is 4.90 Å². The number of hydrogen-bond donors (Lipinski definition) is 0. The molecule has 1 aliphatic heterocycles. The maximum absolute atomic E-state index is 12.6. The summed E-state index contributed by atoms with van der Waals surface area (Å²) in [5, 5.41) is 0. The Morgan fingerprint density at radius 3 is 2.33 bits per heavy atom. The fourth-order valence-electron chi connectivity index (χ4n) is 2.25. The Hall–Kier alpha value is -1.39. The summed E-state index contributed by atoms with van der Waals surface area (Å²) in [6.07, 6.45) is -0.999. The first-order valence-electron chi connectivity index (χ1n) is 6.02. The molecule has 1 aromatic rings. The largest absolute Gasteiger partial charge is 0.495 e. The second-order valence-corrected chi connectivity index (χ2v) is 4.43. The molecule has 0 amide bonds. The Balaban J connectivity index is 2.30. The molecule has 0 atom stereocenters. The van der Waals surface area contributed by atoms with Crippen LogP contribution in [0.5, 0.6) is 5.75 Å². The molecular formula is C13H16F3NO. The van der Waals surface area contributed by atoms with Crippen molar-refractivity contribution in [3.8, 4) is 5.75 Å². The number of nitrogens with zero attached hydrogens (tertiary/aromatic N) is 1. The first-order chi connectivity index (χ1) is 8.52. The van der Waals surface area contributed by atoms with Gasteiger partial charge in [-0.05, 0) is 37.5 Å². The molecule has 1 aliphatic rings. The van der Waals surface area contributed by atoms with E-state index in [9.17, 15) is 13.2 Å². The zero-order chi connectivity index (χ0) is 13.2. The van der Waals surface area contributed by atoms with Gasteiger partial charge in [0.25, 0.3) is 0 Å². The van der Waals surface area contributed by atoms with Crippen LogP contribution in [0, 0.1) is 0 Å². The average molecular weight is 259 g/mol. The lowest BCUT2D eigenvalue weighted by Gasteiger charge is -2.30.